The van der Waals surface area contributed by atoms with E-state index in [9.17, 15) is 9.59 Å². The number of nitrogens with zero attached hydrogens (tertiary/aromatic N) is 3. The lowest BCUT2D eigenvalue weighted by atomic mass is 9.91. The summed E-state index contributed by atoms with van der Waals surface area (Å²) in [6.07, 6.45) is 3.20. The Hall–Kier alpha value is -3.39. The highest BCUT2D eigenvalue weighted by molar-refractivity contribution is 8.16. The number of amides is 1. The topological polar surface area (TPSA) is 83.9 Å². The van der Waals surface area contributed by atoms with Crippen molar-refractivity contribution in [2.24, 2.45) is 4.99 Å². The van der Waals surface area contributed by atoms with E-state index >= 15 is 0 Å². The number of esters is 1. The molecule has 0 aliphatic carbocycles. The number of aromatic nitrogens is 1. The van der Waals surface area contributed by atoms with Crippen LogP contribution in [0.2, 0.25) is 0 Å². The third-order valence-electron chi connectivity index (χ3n) is 6.32. The first-order chi connectivity index (χ1) is 17.4. The lowest BCUT2D eigenvalue weighted by molar-refractivity contribution is -0.136. The highest BCUT2D eigenvalue weighted by Gasteiger charge is 2.41. The molecule has 0 saturated heterocycles. The summed E-state index contributed by atoms with van der Waals surface area (Å²) in [5, 5.41) is 5.72. The molecule has 1 N–H and O–H groups in total. The van der Waals surface area contributed by atoms with E-state index in [0.717, 1.165) is 22.1 Å². The van der Waals surface area contributed by atoms with Crippen LogP contribution in [-0.4, -0.2) is 40.6 Å². The lowest BCUT2D eigenvalue weighted by Crippen LogP contribution is -2.38. The molecule has 188 valence electrons. The molecule has 1 aromatic heterocycles. The molecule has 0 radical (unpaired) electrons. The number of hydrogen-bond donors (Lipinski definition) is 1. The van der Waals surface area contributed by atoms with Crippen LogP contribution in [0.25, 0.3) is 0 Å². The molecule has 36 heavy (non-hydrogen) atoms. The molecular weight excluding hydrogens is 472 g/mol. The average molecular weight is 505 g/mol. The van der Waals surface area contributed by atoms with Gasteiger partial charge in [-0.15, -0.1) is 0 Å². The summed E-state index contributed by atoms with van der Waals surface area (Å²) in [4.78, 5) is 37.0. The first-order valence-corrected chi connectivity index (χ1v) is 13.1. The Bertz CT molecular complexity index is 1200. The zero-order valence-corrected chi connectivity index (χ0v) is 22.0. The summed E-state index contributed by atoms with van der Waals surface area (Å²) >= 11 is 1.48. The van der Waals surface area contributed by atoms with Crippen LogP contribution in [0, 0.1) is 0 Å². The Labute approximate surface area is 216 Å². The minimum atomic E-state index is -0.413. The SMILES string of the molecule is CCC1=C(C(=O)OC)C(c2ccc(C(C)C)cc2)N2C(CC(=O)NCCc3ccccn3)=CSC2=N1. The molecule has 2 aromatic rings. The molecule has 1 unspecified atom stereocenters. The zero-order chi connectivity index (χ0) is 25.7. The number of allylic oxidation sites excluding steroid dienone is 1. The quantitative estimate of drug-likeness (QED) is 0.479. The van der Waals surface area contributed by atoms with E-state index in [4.69, 9.17) is 9.73 Å². The molecule has 0 spiro atoms. The van der Waals surface area contributed by atoms with Gasteiger partial charge in [0, 0.05) is 30.6 Å². The third kappa shape index (κ3) is 5.54. The number of carbonyl (C=O) groups is 2. The summed E-state index contributed by atoms with van der Waals surface area (Å²) in [7, 11) is 1.39. The van der Waals surface area contributed by atoms with E-state index in [2.05, 4.69) is 48.4 Å². The molecular formula is C28H32N4O3S. The van der Waals surface area contributed by atoms with Gasteiger partial charge in [0.2, 0.25) is 5.91 Å². The Morgan fingerprint density at radius 2 is 1.94 bits per heavy atom. The molecule has 0 fully saturated rings. The first kappa shape index (κ1) is 25.7. The molecule has 1 amide bonds. The summed E-state index contributed by atoms with van der Waals surface area (Å²) in [6.45, 7) is 6.80. The molecule has 1 atom stereocenters. The van der Waals surface area contributed by atoms with E-state index in [-0.39, 0.29) is 12.3 Å². The van der Waals surface area contributed by atoms with Crippen molar-refractivity contribution in [2.75, 3.05) is 13.7 Å². The predicted molar refractivity (Wildman–Crippen MR) is 143 cm³/mol. The van der Waals surface area contributed by atoms with Crippen molar-refractivity contribution >= 4 is 28.8 Å². The Morgan fingerprint density at radius 1 is 1.17 bits per heavy atom. The Morgan fingerprint density at radius 3 is 2.58 bits per heavy atom. The van der Waals surface area contributed by atoms with E-state index in [1.165, 1.54) is 24.4 Å². The van der Waals surface area contributed by atoms with Crippen LogP contribution < -0.4 is 5.32 Å². The number of methoxy groups -OCH3 is 1. The maximum absolute atomic E-state index is 13.0. The fraction of sp³-hybridized carbons (Fsp3) is 0.357. The molecule has 8 heteroatoms. The number of ether oxygens (including phenoxy) is 1. The first-order valence-electron chi connectivity index (χ1n) is 12.2. The van der Waals surface area contributed by atoms with Crippen LogP contribution in [0.3, 0.4) is 0 Å². The molecule has 3 heterocycles. The lowest BCUT2D eigenvalue weighted by Gasteiger charge is -2.36. The van der Waals surface area contributed by atoms with Crippen molar-refractivity contribution < 1.29 is 14.3 Å². The second-order valence-electron chi connectivity index (χ2n) is 9.02. The Kier molecular flexibility index (Phi) is 8.25. The number of hydrogen-bond acceptors (Lipinski definition) is 7. The van der Waals surface area contributed by atoms with Gasteiger partial charge in [-0.1, -0.05) is 62.9 Å². The van der Waals surface area contributed by atoms with Crippen molar-refractivity contribution in [3.05, 3.63) is 87.9 Å². The summed E-state index contributed by atoms with van der Waals surface area (Å²) in [5.41, 5.74) is 5.16. The van der Waals surface area contributed by atoms with Gasteiger partial charge in [-0.25, -0.2) is 9.79 Å². The van der Waals surface area contributed by atoms with Gasteiger partial charge in [-0.05, 0) is 41.0 Å². The number of aliphatic imine (C=N–C) groups is 1. The Balaban J connectivity index is 1.58. The van der Waals surface area contributed by atoms with Gasteiger partial charge < -0.3 is 15.0 Å². The zero-order valence-electron chi connectivity index (χ0n) is 21.2. The van der Waals surface area contributed by atoms with Gasteiger partial charge in [0.1, 0.15) is 0 Å². The maximum Gasteiger partial charge on any atom is 0.338 e. The van der Waals surface area contributed by atoms with Crippen molar-refractivity contribution in [3.8, 4) is 0 Å². The molecule has 2 aliphatic rings. The largest absolute Gasteiger partial charge is 0.466 e. The van der Waals surface area contributed by atoms with Gasteiger partial charge in [0.15, 0.2) is 5.17 Å². The van der Waals surface area contributed by atoms with Crippen LogP contribution in [0.4, 0.5) is 0 Å². The molecule has 2 aliphatic heterocycles. The molecule has 0 bridgehead atoms. The molecule has 0 saturated carbocycles. The van der Waals surface area contributed by atoms with Crippen LogP contribution in [0.5, 0.6) is 0 Å². The smallest absolute Gasteiger partial charge is 0.338 e. The van der Waals surface area contributed by atoms with Gasteiger partial charge >= 0.3 is 5.97 Å². The minimum absolute atomic E-state index is 0.0853. The van der Waals surface area contributed by atoms with Crippen LogP contribution >= 0.6 is 11.8 Å². The second-order valence-corrected chi connectivity index (χ2v) is 9.86. The van der Waals surface area contributed by atoms with E-state index in [1.54, 1.807) is 6.20 Å². The van der Waals surface area contributed by atoms with Gasteiger partial charge in [0.25, 0.3) is 0 Å². The van der Waals surface area contributed by atoms with Crippen LogP contribution in [-0.2, 0) is 20.7 Å². The van der Waals surface area contributed by atoms with Gasteiger partial charge in [-0.3, -0.25) is 9.78 Å². The minimum Gasteiger partial charge on any atom is -0.466 e. The molecule has 1 aromatic carbocycles. The fourth-order valence-electron chi connectivity index (χ4n) is 4.39. The third-order valence-corrected chi connectivity index (χ3v) is 7.21. The highest BCUT2D eigenvalue weighted by Crippen LogP contribution is 2.45. The predicted octanol–water partition coefficient (Wildman–Crippen LogP) is 5.09. The van der Waals surface area contributed by atoms with Gasteiger partial charge in [-0.2, -0.15) is 0 Å². The standard InChI is InChI=1S/C28H32N4O3S/c1-5-23-25(27(34)35-4)26(20-11-9-19(10-12-20)18(2)3)32-22(17-36-28(32)31-23)16-24(33)30-15-13-21-8-6-7-14-29-21/h6-12,14,17-18,26H,5,13,15-16H2,1-4H3,(H,30,33). The van der Waals surface area contributed by atoms with E-state index in [0.29, 0.717) is 36.6 Å². The summed E-state index contributed by atoms with van der Waals surface area (Å²) in [6, 6.07) is 13.7. The number of carbonyl (C=O) groups excluding carboxylic acids is 2. The van der Waals surface area contributed by atoms with Crippen molar-refractivity contribution in [1.29, 1.82) is 0 Å². The second kappa shape index (κ2) is 11.6. The van der Waals surface area contributed by atoms with Gasteiger partial charge in [0.05, 0.1) is 30.8 Å². The van der Waals surface area contributed by atoms with Crippen molar-refractivity contribution in [1.82, 2.24) is 15.2 Å². The maximum atomic E-state index is 13.0. The summed E-state index contributed by atoms with van der Waals surface area (Å²) < 4.78 is 5.19. The van der Waals surface area contributed by atoms with E-state index < -0.39 is 12.0 Å². The van der Waals surface area contributed by atoms with E-state index in [1.807, 2.05) is 35.4 Å². The van der Waals surface area contributed by atoms with Crippen LogP contribution in [0.1, 0.15) is 62.4 Å². The normalized spacial score (nSPS) is 17.0. The van der Waals surface area contributed by atoms with Crippen LogP contribution in [0.15, 0.2) is 76.0 Å². The fourth-order valence-corrected chi connectivity index (χ4v) is 5.33. The summed E-state index contributed by atoms with van der Waals surface area (Å²) in [5.74, 6) is -0.0848. The number of nitrogens with one attached hydrogen (secondary N) is 1. The van der Waals surface area contributed by atoms with Crippen molar-refractivity contribution in [2.45, 2.75) is 52.0 Å². The number of benzene rings is 1. The van der Waals surface area contributed by atoms with Crippen molar-refractivity contribution in [3.63, 3.8) is 0 Å². The average Bonchev–Trinajstić information content (AvgIpc) is 3.29. The number of amidine groups is 1. The highest BCUT2D eigenvalue weighted by atomic mass is 32.2. The number of pyridine rings is 1. The number of fused-ring (bicyclic) bond motifs is 1. The number of rotatable bonds is 9. The molecule has 4 rings (SSSR count). The number of thioether (sulfide) groups is 1. The molecule has 7 nitrogen and oxygen atoms in total. The monoisotopic (exact) mass is 504 g/mol.